The molecule has 3 rings (SSSR count). The van der Waals surface area contributed by atoms with Gasteiger partial charge in [0.15, 0.2) is 0 Å². The van der Waals surface area contributed by atoms with Crippen molar-refractivity contribution in [2.75, 3.05) is 19.7 Å². The number of nitrogens with one attached hydrogen (secondary N) is 1. The number of ether oxygens (including phenoxy) is 1. The summed E-state index contributed by atoms with van der Waals surface area (Å²) in [6.45, 7) is 12.3. The summed E-state index contributed by atoms with van der Waals surface area (Å²) >= 11 is 1.66. The summed E-state index contributed by atoms with van der Waals surface area (Å²) in [7, 11) is 0. The van der Waals surface area contributed by atoms with Crippen molar-refractivity contribution in [3.63, 3.8) is 0 Å². The molecule has 2 aromatic rings. The van der Waals surface area contributed by atoms with E-state index in [9.17, 15) is 9.90 Å². The lowest BCUT2D eigenvalue weighted by Crippen LogP contribution is -2.39. The van der Waals surface area contributed by atoms with E-state index in [4.69, 9.17) is 9.72 Å². The van der Waals surface area contributed by atoms with Gasteiger partial charge in [-0.25, -0.2) is 4.98 Å². The van der Waals surface area contributed by atoms with Crippen LogP contribution in [0.2, 0.25) is 0 Å². The summed E-state index contributed by atoms with van der Waals surface area (Å²) in [4.78, 5) is 24.7. The van der Waals surface area contributed by atoms with Gasteiger partial charge in [-0.1, -0.05) is 13.8 Å². The van der Waals surface area contributed by atoms with E-state index < -0.39 is 6.10 Å². The van der Waals surface area contributed by atoms with Crippen LogP contribution < -0.4 is 5.56 Å². The number of thiophene rings is 1. The van der Waals surface area contributed by atoms with Crippen molar-refractivity contribution in [2.24, 2.45) is 5.92 Å². The second-order valence-corrected chi connectivity index (χ2v) is 10.3. The minimum atomic E-state index is -0.584. The molecule has 156 valence electrons. The molecule has 0 saturated heterocycles. The van der Waals surface area contributed by atoms with Gasteiger partial charge in [-0.2, -0.15) is 0 Å². The molecule has 0 spiro atoms. The van der Waals surface area contributed by atoms with Crippen molar-refractivity contribution in [1.82, 2.24) is 14.9 Å². The fourth-order valence-electron chi connectivity index (χ4n) is 3.75. The molecule has 7 heteroatoms. The van der Waals surface area contributed by atoms with E-state index in [1.54, 1.807) is 11.3 Å². The topological polar surface area (TPSA) is 78.5 Å². The van der Waals surface area contributed by atoms with Gasteiger partial charge in [0.2, 0.25) is 0 Å². The third kappa shape index (κ3) is 5.41. The summed E-state index contributed by atoms with van der Waals surface area (Å²) in [5.41, 5.74) is 0.899. The molecule has 0 aromatic carbocycles. The first-order valence-corrected chi connectivity index (χ1v) is 11.0. The number of rotatable bonds is 8. The molecule has 1 aliphatic rings. The maximum Gasteiger partial charge on any atom is 0.259 e. The first kappa shape index (κ1) is 21.4. The van der Waals surface area contributed by atoms with Crippen LogP contribution in [0.5, 0.6) is 0 Å². The average molecular weight is 408 g/mol. The van der Waals surface area contributed by atoms with Crippen LogP contribution in [-0.2, 0) is 24.1 Å². The van der Waals surface area contributed by atoms with Crippen molar-refractivity contribution < 1.29 is 9.84 Å². The van der Waals surface area contributed by atoms with Gasteiger partial charge in [-0.3, -0.25) is 9.69 Å². The number of nitrogens with zero attached hydrogens (tertiary/aromatic N) is 2. The second-order valence-electron chi connectivity index (χ2n) is 9.22. The Hall–Kier alpha value is -1.28. The molecule has 0 radical (unpaired) electrons. The first-order chi connectivity index (χ1) is 13.1. The maximum atomic E-state index is 12.7. The Morgan fingerprint density at radius 1 is 1.29 bits per heavy atom. The number of H-pyrrole nitrogens is 1. The molecular weight excluding hydrogens is 374 g/mol. The van der Waals surface area contributed by atoms with Gasteiger partial charge in [0.25, 0.3) is 5.56 Å². The van der Waals surface area contributed by atoms with Crippen LogP contribution in [0, 0.1) is 5.92 Å². The number of hydrogen-bond donors (Lipinski definition) is 2. The SMILES string of the molecule is CC(C)CN(Cc1nc2sc3c(c2c(=O)[nH]1)CCC3)C[C@@H](O)COC(C)(C)C. The fourth-order valence-corrected chi connectivity index (χ4v) is 5.03. The third-order valence-corrected chi connectivity index (χ3v) is 5.98. The zero-order valence-corrected chi connectivity index (χ0v) is 18.5. The van der Waals surface area contributed by atoms with E-state index in [0.29, 0.717) is 31.4 Å². The predicted octanol–water partition coefficient (Wildman–Crippen LogP) is 3.11. The highest BCUT2D eigenvalue weighted by atomic mass is 32.1. The molecule has 2 heterocycles. The van der Waals surface area contributed by atoms with Gasteiger partial charge in [0.05, 0.1) is 30.2 Å². The third-order valence-electron chi connectivity index (χ3n) is 4.80. The molecule has 0 amide bonds. The Bertz CT molecular complexity index is 866. The highest BCUT2D eigenvalue weighted by molar-refractivity contribution is 7.18. The minimum absolute atomic E-state index is 0.0273. The van der Waals surface area contributed by atoms with Gasteiger partial charge in [-0.15, -0.1) is 11.3 Å². The van der Waals surface area contributed by atoms with Crippen molar-refractivity contribution >= 4 is 21.6 Å². The lowest BCUT2D eigenvalue weighted by Gasteiger charge is -2.28. The average Bonchev–Trinajstić information content (AvgIpc) is 3.11. The summed E-state index contributed by atoms with van der Waals surface area (Å²) in [6.07, 6.45) is 2.59. The first-order valence-electron chi connectivity index (χ1n) is 10.2. The van der Waals surface area contributed by atoms with E-state index in [-0.39, 0.29) is 11.2 Å². The molecule has 0 saturated carbocycles. The normalized spacial score (nSPS) is 15.7. The van der Waals surface area contributed by atoms with E-state index in [1.165, 1.54) is 10.4 Å². The van der Waals surface area contributed by atoms with Gasteiger partial charge >= 0.3 is 0 Å². The molecular formula is C21H33N3O3S. The molecule has 2 aromatic heterocycles. The molecule has 0 bridgehead atoms. The van der Waals surface area contributed by atoms with Crippen LogP contribution in [0.1, 0.15) is 57.3 Å². The van der Waals surface area contributed by atoms with Crippen LogP contribution in [0.4, 0.5) is 0 Å². The Morgan fingerprint density at radius 2 is 2.04 bits per heavy atom. The van der Waals surface area contributed by atoms with Gasteiger partial charge in [0, 0.05) is 18.0 Å². The number of aromatic amines is 1. The van der Waals surface area contributed by atoms with Crippen molar-refractivity contribution in [3.05, 3.63) is 26.6 Å². The molecule has 1 atom stereocenters. The highest BCUT2D eigenvalue weighted by Crippen LogP contribution is 2.34. The van der Waals surface area contributed by atoms with Crippen LogP contribution in [-0.4, -0.2) is 51.4 Å². The fraction of sp³-hybridized carbons (Fsp3) is 0.714. The molecule has 0 fully saturated rings. The lowest BCUT2D eigenvalue weighted by molar-refractivity contribution is -0.0574. The zero-order chi connectivity index (χ0) is 20.5. The Balaban J connectivity index is 1.74. The van der Waals surface area contributed by atoms with Crippen LogP contribution in [0.15, 0.2) is 4.79 Å². The van der Waals surface area contributed by atoms with E-state index in [1.807, 2.05) is 20.8 Å². The van der Waals surface area contributed by atoms with Crippen LogP contribution in [0.25, 0.3) is 10.2 Å². The van der Waals surface area contributed by atoms with Crippen molar-refractivity contribution in [3.8, 4) is 0 Å². The molecule has 0 aliphatic heterocycles. The highest BCUT2D eigenvalue weighted by Gasteiger charge is 2.22. The number of fused-ring (bicyclic) bond motifs is 3. The largest absolute Gasteiger partial charge is 0.389 e. The maximum absolute atomic E-state index is 12.7. The van der Waals surface area contributed by atoms with E-state index in [0.717, 1.165) is 36.0 Å². The molecule has 1 aliphatic carbocycles. The predicted molar refractivity (Wildman–Crippen MR) is 114 cm³/mol. The number of aromatic nitrogens is 2. The smallest absolute Gasteiger partial charge is 0.259 e. The molecule has 28 heavy (non-hydrogen) atoms. The number of aliphatic hydroxyl groups is 1. The molecule has 0 unspecified atom stereocenters. The molecule has 6 nitrogen and oxygen atoms in total. The quantitative estimate of drug-likeness (QED) is 0.703. The number of hydrogen-bond acceptors (Lipinski definition) is 6. The Morgan fingerprint density at radius 3 is 2.71 bits per heavy atom. The van der Waals surface area contributed by atoms with Gasteiger partial charge in [-0.05, 0) is 51.5 Å². The van der Waals surface area contributed by atoms with Gasteiger partial charge < -0.3 is 14.8 Å². The minimum Gasteiger partial charge on any atom is -0.389 e. The Labute approximate surface area is 170 Å². The number of aryl methyl sites for hydroxylation is 2. The summed E-state index contributed by atoms with van der Waals surface area (Å²) in [6, 6.07) is 0. The van der Waals surface area contributed by atoms with Crippen LogP contribution in [0.3, 0.4) is 0 Å². The number of aliphatic hydroxyl groups excluding tert-OH is 1. The summed E-state index contributed by atoms with van der Waals surface area (Å²) in [5.74, 6) is 1.11. The Kier molecular flexibility index (Phi) is 6.59. The monoisotopic (exact) mass is 407 g/mol. The van der Waals surface area contributed by atoms with Crippen molar-refractivity contribution in [1.29, 1.82) is 0 Å². The standard InChI is InChI=1S/C21H33N3O3S/c1-13(2)9-24(10-14(25)12-27-21(3,4)5)11-17-22-19(26)18-15-7-6-8-16(15)28-20(18)23-17/h13-14,25H,6-12H2,1-5H3,(H,22,23,26)/t14-/m1/s1. The summed E-state index contributed by atoms with van der Waals surface area (Å²) < 4.78 is 5.71. The van der Waals surface area contributed by atoms with E-state index >= 15 is 0 Å². The lowest BCUT2D eigenvalue weighted by atomic mass is 10.1. The van der Waals surface area contributed by atoms with Crippen LogP contribution >= 0.6 is 11.3 Å². The second kappa shape index (κ2) is 8.61. The van der Waals surface area contributed by atoms with E-state index in [2.05, 4.69) is 23.7 Å². The summed E-state index contributed by atoms with van der Waals surface area (Å²) in [5, 5.41) is 11.2. The zero-order valence-electron chi connectivity index (χ0n) is 17.7. The van der Waals surface area contributed by atoms with Gasteiger partial charge in [0.1, 0.15) is 10.7 Å². The van der Waals surface area contributed by atoms with Crippen molar-refractivity contribution in [2.45, 2.75) is 72.1 Å². The molecule has 2 N–H and O–H groups in total.